The van der Waals surface area contributed by atoms with E-state index >= 15 is 0 Å². The van der Waals surface area contributed by atoms with Gasteiger partial charge < -0.3 is 19.7 Å². The minimum atomic E-state index is -1.30. The van der Waals surface area contributed by atoms with E-state index in [1.807, 2.05) is 6.92 Å². The van der Waals surface area contributed by atoms with E-state index in [0.29, 0.717) is 13.2 Å². The largest absolute Gasteiger partial charge is 0.396 e. The van der Waals surface area contributed by atoms with Crippen molar-refractivity contribution in [3.63, 3.8) is 0 Å². The summed E-state index contributed by atoms with van der Waals surface area (Å²) in [5.41, 5.74) is 0. The molecule has 0 aliphatic carbocycles. The van der Waals surface area contributed by atoms with Gasteiger partial charge in [-0.2, -0.15) is 0 Å². The summed E-state index contributed by atoms with van der Waals surface area (Å²) in [5, 5.41) is 19.0. The molecule has 2 atom stereocenters. The van der Waals surface area contributed by atoms with Crippen LogP contribution >= 0.6 is 0 Å². The second-order valence-corrected chi connectivity index (χ2v) is 3.61. The van der Waals surface area contributed by atoms with Gasteiger partial charge in [0.05, 0.1) is 0 Å². The Bertz CT molecular complexity index is 148. The topological polar surface area (TPSA) is 58.9 Å². The fourth-order valence-corrected chi connectivity index (χ4v) is 1.83. The van der Waals surface area contributed by atoms with Gasteiger partial charge in [-0.25, -0.2) is 0 Å². The Kier molecular flexibility index (Phi) is 4.81. The summed E-state index contributed by atoms with van der Waals surface area (Å²) in [4.78, 5) is 0. The molecule has 0 aromatic heterocycles. The molecule has 0 aromatic rings. The number of aliphatic hydroxyl groups excluding tert-OH is 1. The van der Waals surface area contributed by atoms with Crippen molar-refractivity contribution >= 4 is 0 Å². The van der Waals surface area contributed by atoms with Gasteiger partial charge in [0.15, 0.2) is 5.79 Å². The molecule has 14 heavy (non-hydrogen) atoms. The van der Waals surface area contributed by atoms with E-state index in [0.717, 1.165) is 19.3 Å². The maximum atomic E-state index is 10.1. The molecule has 0 bridgehead atoms. The lowest BCUT2D eigenvalue weighted by atomic mass is 9.98. The van der Waals surface area contributed by atoms with Crippen molar-refractivity contribution < 1.29 is 19.7 Å². The number of ether oxygens (including phenoxy) is 2. The van der Waals surface area contributed by atoms with Crippen molar-refractivity contribution in [2.24, 2.45) is 0 Å². The van der Waals surface area contributed by atoms with Crippen LogP contribution in [0.2, 0.25) is 0 Å². The smallest absolute Gasteiger partial charge is 0.194 e. The standard InChI is InChI=1S/C10H20O4/c1-2-14-10(12,6-7-11)9-5-3-4-8-13-9/h9,11-12H,2-8H2,1H3. The van der Waals surface area contributed by atoms with Gasteiger partial charge >= 0.3 is 0 Å². The minimum absolute atomic E-state index is 0.0869. The van der Waals surface area contributed by atoms with Crippen LogP contribution in [0, 0.1) is 0 Å². The highest BCUT2D eigenvalue weighted by molar-refractivity contribution is 4.80. The van der Waals surface area contributed by atoms with E-state index in [2.05, 4.69) is 0 Å². The van der Waals surface area contributed by atoms with Crippen molar-refractivity contribution in [1.29, 1.82) is 0 Å². The summed E-state index contributed by atoms with van der Waals surface area (Å²) < 4.78 is 10.7. The van der Waals surface area contributed by atoms with Crippen molar-refractivity contribution in [1.82, 2.24) is 0 Å². The van der Waals surface area contributed by atoms with Crippen molar-refractivity contribution in [3.8, 4) is 0 Å². The highest BCUT2D eigenvalue weighted by Crippen LogP contribution is 2.27. The third kappa shape index (κ3) is 2.92. The lowest BCUT2D eigenvalue weighted by Gasteiger charge is -2.37. The van der Waals surface area contributed by atoms with Crippen LogP contribution in [0.15, 0.2) is 0 Å². The quantitative estimate of drug-likeness (QED) is 0.646. The van der Waals surface area contributed by atoms with Gasteiger partial charge in [-0.1, -0.05) is 0 Å². The average molecular weight is 204 g/mol. The van der Waals surface area contributed by atoms with Crippen molar-refractivity contribution in [2.45, 2.75) is 44.5 Å². The first-order valence-electron chi connectivity index (χ1n) is 5.31. The normalized spacial score (nSPS) is 27.2. The van der Waals surface area contributed by atoms with E-state index < -0.39 is 5.79 Å². The molecule has 0 radical (unpaired) electrons. The molecule has 1 aliphatic heterocycles. The number of hydrogen-bond donors (Lipinski definition) is 2. The SMILES string of the molecule is CCOC(O)(CCO)C1CCCCO1. The van der Waals surface area contributed by atoms with Crippen LogP contribution < -0.4 is 0 Å². The third-order valence-corrected chi connectivity index (χ3v) is 2.55. The van der Waals surface area contributed by atoms with Crippen LogP contribution in [0.5, 0.6) is 0 Å². The zero-order chi connectivity index (χ0) is 10.4. The first kappa shape index (κ1) is 11.9. The average Bonchev–Trinajstić information content (AvgIpc) is 2.20. The maximum absolute atomic E-state index is 10.1. The van der Waals surface area contributed by atoms with E-state index in [1.165, 1.54) is 0 Å². The van der Waals surface area contributed by atoms with Crippen LogP contribution in [-0.2, 0) is 9.47 Å². The first-order chi connectivity index (χ1) is 6.73. The zero-order valence-corrected chi connectivity index (χ0v) is 8.74. The summed E-state index contributed by atoms with van der Waals surface area (Å²) in [7, 11) is 0. The number of rotatable bonds is 5. The van der Waals surface area contributed by atoms with E-state index in [1.54, 1.807) is 0 Å². The summed E-state index contributed by atoms with van der Waals surface area (Å²) in [6.45, 7) is 2.84. The van der Waals surface area contributed by atoms with Crippen molar-refractivity contribution in [2.75, 3.05) is 19.8 Å². The van der Waals surface area contributed by atoms with E-state index in [9.17, 15) is 5.11 Å². The second-order valence-electron chi connectivity index (χ2n) is 3.61. The van der Waals surface area contributed by atoms with Gasteiger partial charge in [-0.05, 0) is 26.2 Å². The molecule has 1 heterocycles. The molecule has 0 aromatic carbocycles. The Morgan fingerprint density at radius 1 is 1.50 bits per heavy atom. The maximum Gasteiger partial charge on any atom is 0.194 e. The Morgan fingerprint density at radius 3 is 2.79 bits per heavy atom. The zero-order valence-electron chi connectivity index (χ0n) is 8.74. The van der Waals surface area contributed by atoms with Gasteiger partial charge in [-0.15, -0.1) is 0 Å². The number of hydrogen-bond acceptors (Lipinski definition) is 4. The molecule has 1 aliphatic rings. The second kappa shape index (κ2) is 5.66. The molecule has 1 fully saturated rings. The van der Waals surface area contributed by atoms with Crippen LogP contribution in [0.3, 0.4) is 0 Å². The molecule has 0 spiro atoms. The molecular weight excluding hydrogens is 184 g/mol. The van der Waals surface area contributed by atoms with Crippen LogP contribution in [-0.4, -0.2) is 41.9 Å². The Balaban J connectivity index is 2.54. The summed E-state index contributed by atoms with van der Waals surface area (Å²) in [6, 6.07) is 0. The highest BCUT2D eigenvalue weighted by Gasteiger charge is 2.38. The fourth-order valence-electron chi connectivity index (χ4n) is 1.83. The predicted octanol–water partition coefficient (Wildman–Crippen LogP) is 0.663. The van der Waals surface area contributed by atoms with Gasteiger partial charge in [0.2, 0.25) is 0 Å². The monoisotopic (exact) mass is 204 g/mol. The fraction of sp³-hybridized carbons (Fsp3) is 1.00. The summed E-state index contributed by atoms with van der Waals surface area (Å²) >= 11 is 0. The molecule has 2 unspecified atom stereocenters. The van der Waals surface area contributed by atoms with Crippen molar-refractivity contribution in [3.05, 3.63) is 0 Å². The Morgan fingerprint density at radius 2 is 2.29 bits per heavy atom. The Hall–Kier alpha value is -0.160. The molecule has 0 amide bonds. The third-order valence-electron chi connectivity index (χ3n) is 2.55. The van der Waals surface area contributed by atoms with Gasteiger partial charge in [-0.3, -0.25) is 0 Å². The van der Waals surface area contributed by atoms with Gasteiger partial charge in [0.25, 0.3) is 0 Å². The highest BCUT2D eigenvalue weighted by atomic mass is 16.7. The molecule has 2 N–H and O–H groups in total. The van der Waals surface area contributed by atoms with Crippen LogP contribution in [0.4, 0.5) is 0 Å². The van der Waals surface area contributed by atoms with Crippen LogP contribution in [0.25, 0.3) is 0 Å². The molecule has 4 nitrogen and oxygen atoms in total. The first-order valence-corrected chi connectivity index (χ1v) is 5.31. The van der Waals surface area contributed by atoms with Gasteiger partial charge in [0, 0.05) is 26.2 Å². The molecule has 84 valence electrons. The Labute approximate surface area is 84.8 Å². The van der Waals surface area contributed by atoms with E-state index in [-0.39, 0.29) is 19.1 Å². The summed E-state index contributed by atoms with van der Waals surface area (Å²) in [5.74, 6) is -1.30. The van der Waals surface area contributed by atoms with Crippen LogP contribution in [0.1, 0.15) is 32.6 Å². The van der Waals surface area contributed by atoms with Gasteiger partial charge in [0.1, 0.15) is 6.10 Å². The molecular formula is C10H20O4. The molecule has 1 saturated heterocycles. The molecule has 1 rings (SSSR count). The predicted molar refractivity (Wildman–Crippen MR) is 51.9 cm³/mol. The number of aliphatic hydroxyl groups is 2. The molecule has 4 heteroatoms. The lowest BCUT2D eigenvalue weighted by Crippen LogP contribution is -2.48. The van der Waals surface area contributed by atoms with E-state index in [4.69, 9.17) is 14.6 Å². The minimum Gasteiger partial charge on any atom is -0.396 e. The lowest BCUT2D eigenvalue weighted by molar-refractivity contribution is -0.277. The summed E-state index contributed by atoms with van der Waals surface area (Å²) in [6.07, 6.45) is 2.81. The molecule has 0 saturated carbocycles.